The molecule has 0 aromatic carbocycles. The van der Waals surface area contributed by atoms with Crippen molar-refractivity contribution in [3.8, 4) is 0 Å². The van der Waals surface area contributed by atoms with E-state index in [1.807, 2.05) is 17.1 Å². The average Bonchev–Trinajstić information content (AvgIpc) is 3.30. The van der Waals surface area contributed by atoms with Gasteiger partial charge in [0.1, 0.15) is 23.7 Å². The number of fused-ring (bicyclic) bond motifs is 2. The van der Waals surface area contributed by atoms with Crippen LogP contribution in [-0.4, -0.2) is 94.2 Å². The van der Waals surface area contributed by atoms with Gasteiger partial charge in [0.25, 0.3) is 0 Å². The Hall–Kier alpha value is -2.72. The molecule has 0 radical (unpaired) electrons. The normalized spacial score (nSPS) is 38.2. The largest absolute Gasteiger partial charge is 0.460 e. The maximum Gasteiger partial charge on any atom is 0.313 e. The van der Waals surface area contributed by atoms with E-state index in [2.05, 4.69) is 5.32 Å². The Morgan fingerprint density at radius 1 is 1.13 bits per heavy atom. The molecule has 38 heavy (non-hydrogen) atoms. The molecule has 0 unspecified atom stereocenters. The standard InChI is InChI=1S/C28H39N3O7/c1-17(16-32)31-24-26(35)30(19-9-4-3-5-10-19)14-8-13-28(24)23(25(31)34)22-20(38-28)11-6-7-12-21(33)29-15-18(2)37-27(22)36/h6,8,11,13,17-20,22-24,32H,3-5,7,9-10,12,14-16H2,1-2H3,(H,29,33)/b11-6-/t17-,18+,20+,22-,23-,24+,28-/m1/s1. The fraction of sp³-hybridized carbons (Fsp3) is 0.714. The quantitative estimate of drug-likeness (QED) is 0.414. The topological polar surface area (TPSA) is 125 Å². The van der Waals surface area contributed by atoms with Crippen molar-refractivity contribution in [3.63, 3.8) is 0 Å². The van der Waals surface area contributed by atoms with E-state index in [4.69, 9.17) is 9.47 Å². The van der Waals surface area contributed by atoms with Crippen LogP contribution >= 0.6 is 0 Å². The molecule has 3 amide bonds. The van der Waals surface area contributed by atoms with Gasteiger partial charge in [-0.05, 0) is 33.1 Å². The van der Waals surface area contributed by atoms with Gasteiger partial charge >= 0.3 is 5.97 Å². The van der Waals surface area contributed by atoms with Crippen LogP contribution in [0, 0.1) is 11.8 Å². The molecule has 0 bridgehead atoms. The average molecular weight is 530 g/mol. The minimum absolute atomic E-state index is 0.0850. The van der Waals surface area contributed by atoms with Crippen LogP contribution in [0.1, 0.15) is 58.8 Å². The number of nitrogens with one attached hydrogen (secondary N) is 1. The highest BCUT2D eigenvalue weighted by Crippen LogP contribution is 2.53. The molecule has 10 nitrogen and oxygen atoms in total. The van der Waals surface area contributed by atoms with Crippen molar-refractivity contribution in [2.45, 2.75) is 94.7 Å². The maximum atomic E-state index is 14.3. The molecule has 1 saturated carbocycles. The van der Waals surface area contributed by atoms with E-state index in [1.165, 1.54) is 4.90 Å². The number of nitrogens with zero attached hydrogens (tertiary/aromatic N) is 2. The van der Waals surface area contributed by atoms with E-state index < -0.39 is 47.7 Å². The van der Waals surface area contributed by atoms with Crippen LogP contribution in [0.5, 0.6) is 0 Å². The first-order chi connectivity index (χ1) is 18.3. The van der Waals surface area contributed by atoms with Gasteiger partial charge in [0, 0.05) is 19.0 Å². The second kappa shape index (κ2) is 10.8. The van der Waals surface area contributed by atoms with Crippen molar-refractivity contribution < 1.29 is 33.8 Å². The molecule has 10 heteroatoms. The number of allylic oxidation sites excluding steroid dienone is 1. The second-order valence-corrected chi connectivity index (χ2v) is 11.3. The third-order valence-corrected chi connectivity index (χ3v) is 8.76. The summed E-state index contributed by atoms with van der Waals surface area (Å²) in [7, 11) is 0. The number of aliphatic hydroxyl groups excluding tert-OH is 1. The number of amides is 3. The lowest BCUT2D eigenvalue weighted by Crippen LogP contribution is -2.59. The molecule has 5 aliphatic rings. The Morgan fingerprint density at radius 2 is 1.89 bits per heavy atom. The Balaban J connectivity index is 1.57. The Kier molecular flexibility index (Phi) is 7.64. The summed E-state index contributed by atoms with van der Waals surface area (Å²) in [5.74, 6) is -3.25. The SMILES string of the molecule is C[C@H](CO)N1C(=O)[C@H]2[C@@H]3C(=O)O[C@@H](C)CNC(=O)CC/C=C\[C@@H]3O[C@]23C=CCN(C2CCCCC2)C(=O)[C@H]13. The third-order valence-electron chi connectivity index (χ3n) is 8.76. The molecule has 1 spiro atoms. The van der Waals surface area contributed by atoms with Crippen LogP contribution < -0.4 is 5.32 Å². The van der Waals surface area contributed by atoms with Gasteiger partial charge in [0.05, 0.1) is 31.2 Å². The van der Waals surface area contributed by atoms with Gasteiger partial charge in [-0.3, -0.25) is 19.2 Å². The minimum atomic E-state index is -1.36. The van der Waals surface area contributed by atoms with Crippen molar-refractivity contribution >= 4 is 23.7 Å². The number of rotatable bonds is 3. The molecule has 4 heterocycles. The predicted octanol–water partition coefficient (Wildman–Crippen LogP) is 1.08. The zero-order valence-corrected chi connectivity index (χ0v) is 22.2. The highest BCUT2D eigenvalue weighted by molar-refractivity contribution is 5.99. The van der Waals surface area contributed by atoms with Gasteiger partial charge in [-0.2, -0.15) is 0 Å². The molecule has 2 saturated heterocycles. The van der Waals surface area contributed by atoms with Crippen molar-refractivity contribution in [1.29, 1.82) is 0 Å². The number of cyclic esters (lactones) is 1. The van der Waals surface area contributed by atoms with E-state index in [0.717, 1.165) is 32.1 Å². The van der Waals surface area contributed by atoms with Crippen LogP contribution in [0.15, 0.2) is 24.3 Å². The maximum absolute atomic E-state index is 14.3. The van der Waals surface area contributed by atoms with Gasteiger partial charge in [-0.25, -0.2) is 0 Å². The number of hydrogen-bond acceptors (Lipinski definition) is 7. The molecule has 4 aliphatic heterocycles. The predicted molar refractivity (Wildman–Crippen MR) is 136 cm³/mol. The van der Waals surface area contributed by atoms with Crippen molar-refractivity contribution in [1.82, 2.24) is 15.1 Å². The lowest BCUT2D eigenvalue weighted by atomic mass is 9.77. The van der Waals surface area contributed by atoms with Gasteiger partial charge in [0.2, 0.25) is 17.7 Å². The van der Waals surface area contributed by atoms with Crippen LogP contribution in [0.4, 0.5) is 0 Å². The van der Waals surface area contributed by atoms with Crippen molar-refractivity contribution in [3.05, 3.63) is 24.3 Å². The van der Waals surface area contributed by atoms with E-state index in [9.17, 15) is 24.3 Å². The van der Waals surface area contributed by atoms with E-state index in [0.29, 0.717) is 13.0 Å². The van der Waals surface area contributed by atoms with Gasteiger partial charge < -0.3 is 29.7 Å². The number of likely N-dealkylation sites (tertiary alicyclic amines) is 1. The fourth-order valence-corrected chi connectivity index (χ4v) is 6.90. The second-order valence-electron chi connectivity index (χ2n) is 11.3. The minimum Gasteiger partial charge on any atom is -0.460 e. The summed E-state index contributed by atoms with van der Waals surface area (Å²) in [6.45, 7) is 3.66. The van der Waals surface area contributed by atoms with Gasteiger partial charge in [0.15, 0.2) is 0 Å². The van der Waals surface area contributed by atoms with Crippen molar-refractivity contribution in [2.24, 2.45) is 11.8 Å². The summed E-state index contributed by atoms with van der Waals surface area (Å²) in [6, 6.07) is -1.54. The summed E-state index contributed by atoms with van der Waals surface area (Å²) in [5.41, 5.74) is -1.36. The van der Waals surface area contributed by atoms with Gasteiger partial charge in [-0.1, -0.05) is 43.6 Å². The molecule has 7 atom stereocenters. The van der Waals surface area contributed by atoms with E-state index >= 15 is 0 Å². The smallest absolute Gasteiger partial charge is 0.313 e. The lowest BCUT2D eigenvalue weighted by Gasteiger charge is -2.40. The highest BCUT2D eigenvalue weighted by atomic mass is 16.6. The lowest BCUT2D eigenvalue weighted by molar-refractivity contribution is -0.159. The summed E-state index contributed by atoms with van der Waals surface area (Å²) in [5, 5.41) is 12.8. The molecule has 5 rings (SSSR count). The number of ether oxygens (including phenoxy) is 2. The first-order valence-electron chi connectivity index (χ1n) is 14.0. The molecule has 3 fully saturated rings. The van der Waals surface area contributed by atoms with E-state index in [1.54, 1.807) is 26.0 Å². The summed E-state index contributed by atoms with van der Waals surface area (Å²) in [6.07, 6.45) is 11.7. The van der Waals surface area contributed by atoms with Gasteiger partial charge in [-0.15, -0.1) is 0 Å². The Morgan fingerprint density at radius 3 is 2.63 bits per heavy atom. The zero-order chi connectivity index (χ0) is 27.0. The number of carbonyl (C=O) groups is 4. The first kappa shape index (κ1) is 26.9. The number of hydrogen-bond donors (Lipinski definition) is 2. The van der Waals surface area contributed by atoms with Crippen molar-refractivity contribution in [2.75, 3.05) is 19.7 Å². The molecular weight excluding hydrogens is 490 g/mol. The molecule has 2 N–H and O–H groups in total. The molecular formula is C28H39N3O7. The molecule has 208 valence electrons. The van der Waals surface area contributed by atoms with Crippen LogP contribution in [0.2, 0.25) is 0 Å². The number of aliphatic hydroxyl groups is 1. The van der Waals surface area contributed by atoms with Crippen LogP contribution in [-0.2, 0) is 28.7 Å². The summed E-state index contributed by atoms with van der Waals surface area (Å²) >= 11 is 0. The summed E-state index contributed by atoms with van der Waals surface area (Å²) < 4.78 is 12.3. The van der Waals surface area contributed by atoms with E-state index in [-0.39, 0.29) is 43.3 Å². The summed E-state index contributed by atoms with van der Waals surface area (Å²) in [4.78, 5) is 57.4. The number of esters is 1. The first-order valence-corrected chi connectivity index (χ1v) is 14.0. The number of carbonyl (C=O) groups excluding carboxylic acids is 4. The molecule has 0 aromatic rings. The zero-order valence-electron chi connectivity index (χ0n) is 22.2. The monoisotopic (exact) mass is 529 g/mol. The molecule has 0 aromatic heterocycles. The highest BCUT2D eigenvalue weighted by Gasteiger charge is 2.72. The van der Waals surface area contributed by atoms with Crippen LogP contribution in [0.25, 0.3) is 0 Å². The Labute approximate surface area is 223 Å². The Bertz CT molecular complexity index is 1020. The fourth-order valence-electron chi connectivity index (χ4n) is 6.90. The van der Waals surface area contributed by atoms with Crippen LogP contribution in [0.3, 0.4) is 0 Å². The third kappa shape index (κ3) is 4.55. The molecule has 1 aliphatic carbocycles.